The number of benzene rings is 1. The molecule has 1 aromatic carbocycles. The van der Waals surface area contributed by atoms with Crippen LogP contribution >= 0.6 is 23.2 Å². The second-order valence-electron chi connectivity index (χ2n) is 4.61. The Labute approximate surface area is 143 Å². The van der Waals surface area contributed by atoms with Gasteiger partial charge in [0.15, 0.2) is 0 Å². The first-order chi connectivity index (χ1) is 11.0. The minimum absolute atomic E-state index is 0.139. The smallest absolute Gasteiger partial charge is 0.230 e. The van der Waals surface area contributed by atoms with E-state index in [1.807, 2.05) is 0 Å². The molecular weight excluding hydrogens is 340 g/mol. The van der Waals surface area contributed by atoms with Crippen molar-refractivity contribution in [3.8, 4) is 0 Å². The monoisotopic (exact) mass is 353 g/mol. The Balaban J connectivity index is 1.79. The van der Waals surface area contributed by atoms with Gasteiger partial charge in [-0.2, -0.15) is 10.2 Å². The molecule has 0 radical (unpaired) electrons. The number of alkyl halides is 1. The number of hydrazone groups is 2. The van der Waals surface area contributed by atoms with Crippen LogP contribution in [-0.4, -0.2) is 23.8 Å². The number of halogens is 3. The molecule has 0 fully saturated rings. The lowest BCUT2D eigenvalue weighted by atomic mass is 10.1. The van der Waals surface area contributed by atoms with Gasteiger partial charge in [-0.15, -0.1) is 11.6 Å². The van der Waals surface area contributed by atoms with Crippen LogP contribution in [0.2, 0.25) is 5.02 Å². The molecule has 120 valence electrons. The molecule has 0 aromatic heterocycles. The van der Waals surface area contributed by atoms with E-state index in [1.54, 1.807) is 36.4 Å². The predicted octanol–water partition coefficient (Wildman–Crippen LogP) is 3.56. The highest BCUT2D eigenvalue weighted by Crippen LogP contribution is 2.22. The molecule has 0 aliphatic heterocycles. The fourth-order valence-electron chi connectivity index (χ4n) is 1.68. The molecule has 8 heteroatoms. The second kappa shape index (κ2) is 8.45. The third-order valence-electron chi connectivity index (χ3n) is 2.81. The van der Waals surface area contributed by atoms with Gasteiger partial charge in [0.2, 0.25) is 5.96 Å². The van der Waals surface area contributed by atoms with Crippen molar-refractivity contribution in [1.82, 2.24) is 10.9 Å². The summed E-state index contributed by atoms with van der Waals surface area (Å²) in [6.07, 6.45) is 6.19. The zero-order valence-electron chi connectivity index (χ0n) is 11.9. The van der Waals surface area contributed by atoms with Crippen LogP contribution in [0.4, 0.5) is 4.39 Å². The molecule has 0 saturated carbocycles. The Hall–Kier alpha value is -2.18. The van der Waals surface area contributed by atoms with Crippen LogP contribution in [0.15, 0.2) is 58.0 Å². The normalized spacial score (nSPS) is 18.0. The van der Waals surface area contributed by atoms with Gasteiger partial charge in [-0.3, -0.25) is 5.41 Å². The van der Waals surface area contributed by atoms with Gasteiger partial charge in [0.25, 0.3) is 0 Å². The summed E-state index contributed by atoms with van der Waals surface area (Å²) in [5.41, 5.74) is 6.00. The molecular formula is C15H14Cl2FN5. The summed E-state index contributed by atoms with van der Waals surface area (Å²) in [6, 6.07) is 7.05. The van der Waals surface area contributed by atoms with Crippen LogP contribution in [0.3, 0.4) is 0 Å². The highest BCUT2D eigenvalue weighted by molar-refractivity contribution is 6.30. The molecule has 5 nitrogen and oxygen atoms in total. The van der Waals surface area contributed by atoms with Crippen molar-refractivity contribution >= 4 is 41.6 Å². The highest BCUT2D eigenvalue weighted by atomic mass is 35.5. The lowest BCUT2D eigenvalue weighted by Gasteiger charge is -2.09. The minimum Gasteiger partial charge on any atom is -0.266 e. The summed E-state index contributed by atoms with van der Waals surface area (Å²) in [4.78, 5) is 0. The number of nitrogens with one attached hydrogen (secondary N) is 3. The molecule has 0 amide bonds. The van der Waals surface area contributed by atoms with Crippen molar-refractivity contribution in [2.75, 3.05) is 0 Å². The van der Waals surface area contributed by atoms with E-state index in [2.05, 4.69) is 21.1 Å². The number of allylic oxidation sites excluding steroid dienone is 4. The first-order valence-electron chi connectivity index (χ1n) is 6.68. The van der Waals surface area contributed by atoms with Crippen molar-refractivity contribution in [1.29, 1.82) is 5.41 Å². The molecule has 0 heterocycles. The standard InChI is InChI=1S/C15H14Cl2FN5/c16-12-4-1-10(2-5-12)8-20-22-15(19)23-21-9-11-3-6-13(17)7-14(11)18/h1-6,8-9,13H,7H2,(H3,19,22,23)/b20-8+,21-9+. The van der Waals surface area contributed by atoms with Gasteiger partial charge in [-0.25, -0.2) is 15.2 Å². The van der Waals surface area contributed by atoms with Gasteiger partial charge in [0.05, 0.1) is 17.8 Å². The summed E-state index contributed by atoms with van der Waals surface area (Å²) in [6.45, 7) is 0. The second-order valence-corrected chi connectivity index (χ2v) is 5.60. The Kier molecular flexibility index (Phi) is 6.31. The lowest BCUT2D eigenvalue weighted by Crippen LogP contribution is -2.29. The molecule has 0 saturated heterocycles. The lowest BCUT2D eigenvalue weighted by molar-refractivity contribution is 0.585. The van der Waals surface area contributed by atoms with E-state index < -0.39 is 0 Å². The van der Waals surface area contributed by atoms with Crippen molar-refractivity contribution < 1.29 is 4.39 Å². The number of guanidine groups is 1. The van der Waals surface area contributed by atoms with Crippen LogP contribution in [0.1, 0.15) is 12.0 Å². The SMILES string of the molecule is N=C(N/N=C/C1=C(F)CC(Cl)C=C1)N/N=C/c1ccc(Cl)cc1. The number of hydrogen-bond acceptors (Lipinski definition) is 3. The maximum atomic E-state index is 13.6. The zero-order valence-corrected chi connectivity index (χ0v) is 13.4. The third kappa shape index (κ3) is 5.84. The van der Waals surface area contributed by atoms with Crippen molar-refractivity contribution in [3.63, 3.8) is 0 Å². The van der Waals surface area contributed by atoms with Crippen LogP contribution in [0.5, 0.6) is 0 Å². The summed E-state index contributed by atoms with van der Waals surface area (Å²) in [7, 11) is 0. The summed E-state index contributed by atoms with van der Waals surface area (Å²) < 4.78 is 13.6. The molecule has 0 spiro atoms. The van der Waals surface area contributed by atoms with Crippen LogP contribution in [0, 0.1) is 5.41 Å². The van der Waals surface area contributed by atoms with Crippen molar-refractivity contribution in [2.24, 2.45) is 10.2 Å². The van der Waals surface area contributed by atoms with Gasteiger partial charge >= 0.3 is 0 Å². The Morgan fingerprint density at radius 1 is 1.22 bits per heavy atom. The van der Waals surface area contributed by atoms with Crippen LogP contribution in [-0.2, 0) is 0 Å². The molecule has 1 aromatic rings. The van der Waals surface area contributed by atoms with E-state index in [9.17, 15) is 4.39 Å². The zero-order chi connectivity index (χ0) is 16.7. The molecule has 1 aliphatic carbocycles. The van der Waals surface area contributed by atoms with Gasteiger partial charge in [-0.1, -0.05) is 35.9 Å². The molecule has 23 heavy (non-hydrogen) atoms. The van der Waals surface area contributed by atoms with Crippen molar-refractivity contribution in [3.05, 3.63) is 58.4 Å². The summed E-state index contributed by atoms with van der Waals surface area (Å²) in [5, 5.41) is 15.5. The number of hydrogen-bond donors (Lipinski definition) is 3. The summed E-state index contributed by atoms with van der Waals surface area (Å²) in [5.74, 6) is -0.485. The maximum Gasteiger partial charge on any atom is 0.230 e. The Morgan fingerprint density at radius 2 is 1.87 bits per heavy atom. The predicted molar refractivity (Wildman–Crippen MR) is 93.1 cm³/mol. The van der Waals surface area contributed by atoms with E-state index in [4.69, 9.17) is 28.6 Å². The fourth-order valence-corrected chi connectivity index (χ4v) is 2.01. The van der Waals surface area contributed by atoms with Gasteiger partial charge in [0.1, 0.15) is 5.83 Å². The van der Waals surface area contributed by atoms with Gasteiger partial charge in [0, 0.05) is 17.0 Å². The highest BCUT2D eigenvalue weighted by Gasteiger charge is 2.12. The molecule has 1 atom stereocenters. The van der Waals surface area contributed by atoms with Gasteiger partial charge < -0.3 is 0 Å². The first kappa shape index (κ1) is 17.2. The number of nitrogens with zero attached hydrogens (tertiary/aromatic N) is 2. The van der Waals surface area contributed by atoms with E-state index in [-0.39, 0.29) is 23.6 Å². The fraction of sp³-hybridized carbons (Fsp3) is 0.133. The van der Waals surface area contributed by atoms with E-state index >= 15 is 0 Å². The average Bonchev–Trinajstić information content (AvgIpc) is 2.51. The molecule has 1 aliphatic rings. The van der Waals surface area contributed by atoms with Crippen LogP contribution in [0.25, 0.3) is 0 Å². The largest absolute Gasteiger partial charge is 0.266 e. The summed E-state index contributed by atoms with van der Waals surface area (Å²) >= 11 is 11.6. The van der Waals surface area contributed by atoms with E-state index in [0.29, 0.717) is 10.6 Å². The average molecular weight is 354 g/mol. The molecule has 3 N–H and O–H groups in total. The topological polar surface area (TPSA) is 72.6 Å². The van der Waals surface area contributed by atoms with Crippen LogP contribution < -0.4 is 10.9 Å². The molecule has 2 rings (SSSR count). The Morgan fingerprint density at radius 3 is 2.52 bits per heavy atom. The minimum atomic E-state index is -0.335. The van der Waals surface area contributed by atoms with E-state index in [1.165, 1.54) is 12.4 Å². The third-order valence-corrected chi connectivity index (χ3v) is 3.36. The van der Waals surface area contributed by atoms with Crippen molar-refractivity contribution in [2.45, 2.75) is 11.8 Å². The molecule has 1 unspecified atom stereocenters. The van der Waals surface area contributed by atoms with Gasteiger partial charge in [-0.05, 0) is 17.7 Å². The first-order valence-corrected chi connectivity index (χ1v) is 7.49. The Bertz CT molecular complexity index is 680. The maximum absolute atomic E-state index is 13.6. The van der Waals surface area contributed by atoms with E-state index in [0.717, 1.165) is 5.56 Å². The number of rotatable bonds is 4. The quantitative estimate of drug-likeness (QED) is 0.335. The molecule has 0 bridgehead atoms.